The molecule has 2 heterocycles. The maximum Gasteiger partial charge on any atom is 0.265 e. The topological polar surface area (TPSA) is 41.1 Å². The first-order valence-corrected chi connectivity index (χ1v) is 6.92. The molecule has 4 heteroatoms. The fourth-order valence-corrected chi connectivity index (χ4v) is 2.76. The average molecular weight is 258 g/mol. The molecule has 0 atom stereocenters. The van der Waals surface area contributed by atoms with Gasteiger partial charge in [0, 0.05) is 17.9 Å². The molecule has 2 aromatic rings. The van der Waals surface area contributed by atoms with Crippen molar-refractivity contribution >= 4 is 28.6 Å². The number of rotatable bonds is 2. The third-order valence-corrected chi connectivity index (χ3v) is 3.92. The molecular formula is C14H14N2OS. The highest BCUT2D eigenvalue weighted by molar-refractivity contribution is 7.12. The monoisotopic (exact) mass is 258 g/mol. The number of thiophene rings is 1. The molecule has 0 radical (unpaired) electrons. The Kier molecular flexibility index (Phi) is 3.02. The number of hydrogen-bond acceptors (Lipinski definition) is 3. The maximum atomic E-state index is 11.9. The lowest BCUT2D eigenvalue weighted by atomic mass is 10.0. The summed E-state index contributed by atoms with van der Waals surface area (Å²) in [4.78, 5) is 12.7. The normalized spacial score (nSPS) is 13.6. The highest BCUT2D eigenvalue weighted by Crippen LogP contribution is 2.25. The van der Waals surface area contributed by atoms with E-state index < -0.39 is 0 Å². The van der Waals surface area contributed by atoms with Crippen LogP contribution in [0.3, 0.4) is 0 Å². The molecule has 2 N–H and O–H groups in total. The molecule has 1 aliphatic heterocycles. The van der Waals surface area contributed by atoms with E-state index in [9.17, 15) is 4.79 Å². The van der Waals surface area contributed by atoms with E-state index in [1.807, 2.05) is 29.6 Å². The van der Waals surface area contributed by atoms with E-state index in [1.54, 1.807) is 0 Å². The molecule has 0 bridgehead atoms. The van der Waals surface area contributed by atoms with Crippen molar-refractivity contribution in [3.05, 3.63) is 46.2 Å². The van der Waals surface area contributed by atoms with Gasteiger partial charge in [-0.05, 0) is 42.0 Å². The second-order valence-corrected chi connectivity index (χ2v) is 5.28. The lowest BCUT2D eigenvalue weighted by Crippen LogP contribution is -2.14. The Morgan fingerprint density at radius 1 is 1.33 bits per heavy atom. The standard InChI is InChI=1S/C14H14N2OS/c17-14(13-4-2-8-18-13)16-11-6-5-10-3-1-7-15-12(10)9-11/h2,4-6,8-9,15H,1,3,7H2,(H,16,17). The third-order valence-electron chi connectivity index (χ3n) is 3.05. The van der Waals surface area contributed by atoms with Crippen LogP contribution in [-0.2, 0) is 6.42 Å². The highest BCUT2D eigenvalue weighted by Gasteiger charge is 2.11. The van der Waals surface area contributed by atoms with Crippen LogP contribution >= 0.6 is 11.3 Å². The van der Waals surface area contributed by atoms with E-state index in [2.05, 4.69) is 16.7 Å². The summed E-state index contributed by atoms with van der Waals surface area (Å²) in [5.41, 5.74) is 3.32. The number of anilines is 2. The van der Waals surface area contributed by atoms with Crippen molar-refractivity contribution in [1.82, 2.24) is 0 Å². The number of hydrogen-bond donors (Lipinski definition) is 2. The van der Waals surface area contributed by atoms with Gasteiger partial charge >= 0.3 is 0 Å². The van der Waals surface area contributed by atoms with E-state index in [-0.39, 0.29) is 5.91 Å². The smallest absolute Gasteiger partial charge is 0.265 e. The van der Waals surface area contributed by atoms with Gasteiger partial charge in [-0.2, -0.15) is 0 Å². The van der Waals surface area contributed by atoms with Gasteiger partial charge < -0.3 is 10.6 Å². The second-order valence-electron chi connectivity index (χ2n) is 4.33. The zero-order chi connectivity index (χ0) is 12.4. The van der Waals surface area contributed by atoms with Gasteiger partial charge in [-0.3, -0.25) is 4.79 Å². The predicted octanol–water partition coefficient (Wildman–Crippen LogP) is 3.36. The molecule has 1 aromatic carbocycles. The van der Waals surface area contributed by atoms with Crippen LogP contribution in [0.15, 0.2) is 35.7 Å². The lowest BCUT2D eigenvalue weighted by Gasteiger charge is -2.18. The summed E-state index contributed by atoms with van der Waals surface area (Å²) < 4.78 is 0. The Hall–Kier alpha value is -1.81. The number of amides is 1. The van der Waals surface area contributed by atoms with Gasteiger partial charge in [0.2, 0.25) is 0 Å². The minimum atomic E-state index is -0.0410. The Morgan fingerprint density at radius 3 is 3.11 bits per heavy atom. The molecule has 18 heavy (non-hydrogen) atoms. The molecule has 0 aliphatic carbocycles. The van der Waals surface area contributed by atoms with Crippen molar-refractivity contribution in [3.8, 4) is 0 Å². The summed E-state index contributed by atoms with van der Waals surface area (Å²) >= 11 is 1.45. The highest BCUT2D eigenvalue weighted by atomic mass is 32.1. The summed E-state index contributed by atoms with van der Waals surface area (Å²) in [5.74, 6) is -0.0410. The fraction of sp³-hybridized carbons (Fsp3) is 0.214. The Balaban J connectivity index is 1.79. The molecule has 3 rings (SSSR count). The number of fused-ring (bicyclic) bond motifs is 1. The van der Waals surface area contributed by atoms with E-state index in [0.29, 0.717) is 0 Å². The molecule has 0 saturated heterocycles. The Labute approximate surface area is 110 Å². The van der Waals surface area contributed by atoms with Gasteiger partial charge in [0.25, 0.3) is 5.91 Å². The van der Waals surface area contributed by atoms with Crippen LogP contribution in [0.2, 0.25) is 0 Å². The molecule has 0 fully saturated rings. The first-order chi connectivity index (χ1) is 8.83. The summed E-state index contributed by atoms with van der Waals surface area (Å²) in [7, 11) is 0. The van der Waals surface area contributed by atoms with Gasteiger partial charge in [-0.15, -0.1) is 11.3 Å². The molecule has 3 nitrogen and oxygen atoms in total. The van der Waals surface area contributed by atoms with E-state index in [4.69, 9.17) is 0 Å². The summed E-state index contributed by atoms with van der Waals surface area (Å²) in [6.07, 6.45) is 2.29. The van der Waals surface area contributed by atoms with E-state index in [0.717, 1.165) is 29.2 Å². The van der Waals surface area contributed by atoms with Crippen molar-refractivity contribution in [2.45, 2.75) is 12.8 Å². The van der Waals surface area contributed by atoms with Gasteiger partial charge in [0.1, 0.15) is 0 Å². The van der Waals surface area contributed by atoms with E-state index in [1.165, 1.54) is 23.3 Å². The molecule has 1 amide bonds. The number of carbonyl (C=O) groups is 1. The average Bonchev–Trinajstić information content (AvgIpc) is 2.92. The fourth-order valence-electron chi connectivity index (χ4n) is 2.14. The zero-order valence-electron chi connectivity index (χ0n) is 9.90. The van der Waals surface area contributed by atoms with Gasteiger partial charge in [-0.1, -0.05) is 12.1 Å². The van der Waals surface area contributed by atoms with Crippen molar-refractivity contribution in [3.63, 3.8) is 0 Å². The largest absolute Gasteiger partial charge is 0.385 e. The molecule has 1 aliphatic rings. The molecule has 0 spiro atoms. The molecule has 0 saturated carbocycles. The number of aryl methyl sites for hydroxylation is 1. The molecule has 1 aromatic heterocycles. The van der Waals surface area contributed by atoms with Gasteiger partial charge in [0.15, 0.2) is 0 Å². The lowest BCUT2D eigenvalue weighted by molar-refractivity contribution is 0.103. The number of nitrogens with one attached hydrogen (secondary N) is 2. The Morgan fingerprint density at radius 2 is 2.28 bits per heavy atom. The van der Waals surface area contributed by atoms with E-state index >= 15 is 0 Å². The Bertz CT molecular complexity index is 563. The summed E-state index contributed by atoms with van der Waals surface area (Å²) in [6.45, 7) is 1.01. The molecule has 92 valence electrons. The van der Waals surface area contributed by atoms with Crippen LogP contribution in [0.1, 0.15) is 21.7 Å². The predicted molar refractivity (Wildman–Crippen MR) is 75.5 cm³/mol. The second kappa shape index (κ2) is 4.82. The third kappa shape index (κ3) is 2.24. The van der Waals surface area contributed by atoms with Crippen LogP contribution in [0.5, 0.6) is 0 Å². The van der Waals surface area contributed by atoms with Gasteiger partial charge in [0.05, 0.1) is 4.88 Å². The van der Waals surface area contributed by atoms with Crippen molar-refractivity contribution in [2.24, 2.45) is 0 Å². The van der Waals surface area contributed by atoms with Crippen LogP contribution in [-0.4, -0.2) is 12.5 Å². The van der Waals surface area contributed by atoms with Crippen LogP contribution in [0.4, 0.5) is 11.4 Å². The van der Waals surface area contributed by atoms with Crippen molar-refractivity contribution in [2.75, 3.05) is 17.2 Å². The minimum Gasteiger partial charge on any atom is -0.385 e. The zero-order valence-corrected chi connectivity index (χ0v) is 10.7. The molecular weight excluding hydrogens is 244 g/mol. The SMILES string of the molecule is O=C(Nc1ccc2c(c1)NCCC2)c1cccs1. The summed E-state index contributed by atoms with van der Waals surface area (Å²) in [5, 5.41) is 8.19. The van der Waals surface area contributed by atoms with Crippen LogP contribution < -0.4 is 10.6 Å². The van der Waals surface area contributed by atoms with Crippen LogP contribution in [0.25, 0.3) is 0 Å². The minimum absolute atomic E-state index is 0.0410. The quantitative estimate of drug-likeness (QED) is 0.867. The molecule has 0 unspecified atom stereocenters. The summed E-state index contributed by atoms with van der Waals surface area (Å²) in [6, 6.07) is 9.79. The van der Waals surface area contributed by atoms with Crippen molar-refractivity contribution < 1.29 is 4.79 Å². The number of benzene rings is 1. The number of carbonyl (C=O) groups excluding carboxylic acids is 1. The van der Waals surface area contributed by atoms with Crippen molar-refractivity contribution in [1.29, 1.82) is 0 Å². The maximum absolute atomic E-state index is 11.9. The van der Waals surface area contributed by atoms with Crippen LogP contribution in [0, 0.1) is 0 Å². The van der Waals surface area contributed by atoms with Gasteiger partial charge in [-0.25, -0.2) is 0 Å². The first kappa shape index (κ1) is 11.3. The first-order valence-electron chi connectivity index (χ1n) is 6.04.